The molecule has 8 heavy (non-hydrogen) atoms. The van der Waals surface area contributed by atoms with E-state index in [-0.39, 0.29) is 6.61 Å². The Bertz CT molecular complexity index is 40.9. The molecule has 2 N–H and O–H groups in total. The molecule has 0 aromatic carbocycles. The summed E-state index contributed by atoms with van der Waals surface area (Å²) in [5.74, 6) is 0. The molecule has 0 spiro atoms. The molecule has 0 fully saturated rings. The Labute approximate surface area is 48.9 Å². The third kappa shape index (κ3) is 4.05. The van der Waals surface area contributed by atoms with Crippen LogP contribution in [0, 0.1) is 0 Å². The van der Waals surface area contributed by atoms with Crippen LogP contribution in [0.5, 0.6) is 0 Å². The van der Waals surface area contributed by atoms with Crippen LogP contribution in [0.15, 0.2) is 0 Å². The first kappa shape index (κ1) is 7.88. The molecule has 0 aliphatic heterocycles. The summed E-state index contributed by atoms with van der Waals surface area (Å²) in [6, 6.07) is 0. The molecule has 50 valence electrons. The minimum Gasteiger partial charge on any atom is -0.396 e. The van der Waals surface area contributed by atoms with Crippen LogP contribution in [0.25, 0.3) is 0 Å². The summed E-state index contributed by atoms with van der Waals surface area (Å²) in [5.41, 5.74) is 0. The second-order valence-corrected chi connectivity index (χ2v) is 1.62. The Morgan fingerprint density at radius 3 is 2.62 bits per heavy atom. The number of aliphatic hydroxyl groups excluding tert-OH is 2. The van der Waals surface area contributed by atoms with Gasteiger partial charge >= 0.3 is 0 Å². The van der Waals surface area contributed by atoms with Crippen molar-refractivity contribution < 1.29 is 14.9 Å². The molecule has 0 amide bonds. The highest BCUT2D eigenvalue weighted by atomic mass is 16.5. The Morgan fingerprint density at radius 2 is 2.25 bits per heavy atom. The van der Waals surface area contributed by atoms with E-state index >= 15 is 0 Å². The van der Waals surface area contributed by atoms with Gasteiger partial charge in [0.05, 0.1) is 12.7 Å². The fourth-order valence-electron chi connectivity index (χ4n) is 0.425. The van der Waals surface area contributed by atoms with E-state index in [2.05, 4.69) is 4.74 Å². The number of rotatable bonds is 4. The van der Waals surface area contributed by atoms with Gasteiger partial charge in [-0.1, -0.05) is 0 Å². The molecule has 0 aliphatic rings. The van der Waals surface area contributed by atoms with E-state index in [1.54, 1.807) is 0 Å². The van der Waals surface area contributed by atoms with Gasteiger partial charge in [0.1, 0.15) is 0 Å². The molecular formula is C5H12O3. The third-order valence-corrected chi connectivity index (χ3v) is 0.821. The molecule has 0 saturated heterocycles. The first-order valence-electron chi connectivity index (χ1n) is 2.59. The van der Waals surface area contributed by atoms with Gasteiger partial charge in [-0.2, -0.15) is 0 Å². The lowest BCUT2D eigenvalue weighted by molar-refractivity contribution is 0.0476. The minimum absolute atomic E-state index is 0.0184. The maximum atomic E-state index is 8.76. The number of hydrogen-bond acceptors (Lipinski definition) is 3. The Balaban J connectivity index is 2.92. The fourth-order valence-corrected chi connectivity index (χ4v) is 0.425. The number of ether oxygens (including phenoxy) is 1. The summed E-state index contributed by atoms with van der Waals surface area (Å²) in [6.07, 6.45) is -0.113. The van der Waals surface area contributed by atoms with E-state index in [0.29, 0.717) is 13.0 Å². The molecule has 1 unspecified atom stereocenters. The molecule has 0 bridgehead atoms. The molecule has 0 aliphatic carbocycles. The average Bonchev–Trinajstić information content (AvgIpc) is 1.68. The lowest BCUT2D eigenvalue weighted by Gasteiger charge is -2.04. The Morgan fingerprint density at radius 1 is 1.62 bits per heavy atom. The number of hydrogen-bond donors (Lipinski definition) is 2. The van der Waals surface area contributed by atoms with Crippen LogP contribution in [0.4, 0.5) is 0 Å². The summed E-state index contributed by atoms with van der Waals surface area (Å²) >= 11 is 0. The van der Waals surface area contributed by atoms with Gasteiger partial charge < -0.3 is 14.9 Å². The van der Waals surface area contributed by atoms with Crippen LogP contribution in [0.3, 0.4) is 0 Å². The van der Waals surface area contributed by atoms with Crippen molar-refractivity contribution in [3.05, 3.63) is 0 Å². The molecule has 0 heterocycles. The van der Waals surface area contributed by atoms with E-state index in [0.717, 1.165) is 0 Å². The van der Waals surface area contributed by atoms with Crippen molar-refractivity contribution in [3.63, 3.8) is 0 Å². The van der Waals surface area contributed by atoms with Crippen LogP contribution >= 0.6 is 0 Å². The number of methoxy groups -OCH3 is 1. The van der Waals surface area contributed by atoms with Gasteiger partial charge in [0.25, 0.3) is 0 Å². The standard InChI is InChI=1S/C5H12O3/c1-8-4-5(7)2-3-6/h5-7H,2-4H2,1H3. The van der Waals surface area contributed by atoms with Crippen molar-refractivity contribution >= 4 is 0 Å². The molecular weight excluding hydrogens is 108 g/mol. The zero-order valence-electron chi connectivity index (χ0n) is 5.00. The van der Waals surface area contributed by atoms with Gasteiger partial charge in [0.15, 0.2) is 0 Å². The average molecular weight is 120 g/mol. The molecule has 0 aromatic heterocycles. The van der Waals surface area contributed by atoms with Gasteiger partial charge in [0.2, 0.25) is 0 Å². The molecule has 0 aromatic rings. The second-order valence-electron chi connectivity index (χ2n) is 1.62. The zero-order valence-corrected chi connectivity index (χ0v) is 5.00. The van der Waals surface area contributed by atoms with Crippen LogP contribution in [0.2, 0.25) is 0 Å². The van der Waals surface area contributed by atoms with E-state index in [9.17, 15) is 0 Å². The molecule has 0 rings (SSSR count). The summed E-state index contributed by atoms with van der Waals surface area (Å²) < 4.78 is 4.60. The van der Waals surface area contributed by atoms with Gasteiger partial charge in [-0.15, -0.1) is 0 Å². The summed E-state index contributed by atoms with van der Waals surface area (Å²) in [7, 11) is 1.51. The van der Waals surface area contributed by atoms with E-state index in [4.69, 9.17) is 10.2 Å². The van der Waals surface area contributed by atoms with E-state index in [1.165, 1.54) is 7.11 Å². The van der Waals surface area contributed by atoms with Crippen molar-refractivity contribution in [2.24, 2.45) is 0 Å². The predicted molar refractivity (Wildman–Crippen MR) is 29.6 cm³/mol. The minimum atomic E-state index is -0.509. The topological polar surface area (TPSA) is 49.7 Å². The highest BCUT2D eigenvalue weighted by Crippen LogP contribution is 1.88. The highest BCUT2D eigenvalue weighted by Gasteiger charge is 1.99. The smallest absolute Gasteiger partial charge is 0.0795 e. The zero-order chi connectivity index (χ0) is 6.41. The molecule has 1 atom stereocenters. The first-order valence-corrected chi connectivity index (χ1v) is 2.59. The fraction of sp³-hybridized carbons (Fsp3) is 1.00. The van der Waals surface area contributed by atoms with E-state index in [1.807, 2.05) is 0 Å². The van der Waals surface area contributed by atoms with Gasteiger partial charge in [-0.3, -0.25) is 0 Å². The first-order chi connectivity index (χ1) is 3.81. The molecule has 3 nitrogen and oxygen atoms in total. The maximum absolute atomic E-state index is 8.76. The van der Waals surface area contributed by atoms with Crippen molar-refractivity contribution in [1.29, 1.82) is 0 Å². The van der Waals surface area contributed by atoms with Crippen molar-refractivity contribution in [2.75, 3.05) is 20.3 Å². The predicted octanol–water partition coefficient (Wildman–Crippen LogP) is -0.624. The van der Waals surface area contributed by atoms with Crippen LogP contribution in [-0.2, 0) is 4.74 Å². The molecule has 0 saturated carbocycles. The summed E-state index contributed by atoms with van der Waals surface area (Å²) in [5, 5.41) is 17.0. The normalized spacial score (nSPS) is 13.9. The summed E-state index contributed by atoms with van der Waals surface area (Å²) in [4.78, 5) is 0. The van der Waals surface area contributed by atoms with Crippen LogP contribution < -0.4 is 0 Å². The SMILES string of the molecule is COCC(O)CCO. The monoisotopic (exact) mass is 120 g/mol. The maximum Gasteiger partial charge on any atom is 0.0795 e. The third-order valence-electron chi connectivity index (χ3n) is 0.821. The Hall–Kier alpha value is -0.120. The largest absolute Gasteiger partial charge is 0.396 e. The van der Waals surface area contributed by atoms with Gasteiger partial charge in [0, 0.05) is 13.7 Å². The van der Waals surface area contributed by atoms with Crippen molar-refractivity contribution in [3.8, 4) is 0 Å². The highest BCUT2D eigenvalue weighted by molar-refractivity contribution is 4.49. The van der Waals surface area contributed by atoms with Gasteiger partial charge in [-0.25, -0.2) is 0 Å². The van der Waals surface area contributed by atoms with Crippen molar-refractivity contribution in [2.45, 2.75) is 12.5 Å². The van der Waals surface area contributed by atoms with Crippen molar-refractivity contribution in [1.82, 2.24) is 0 Å². The second kappa shape index (κ2) is 5.03. The lowest BCUT2D eigenvalue weighted by Crippen LogP contribution is -2.14. The Kier molecular flexibility index (Phi) is 4.95. The van der Waals surface area contributed by atoms with Crippen LogP contribution in [-0.4, -0.2) is 36.6 Å². The number of aliphatic hydroxyl groups is 2. The molecule has 3 heteroatoms. The summed E-state index contributed by atoms with van der Waals surface area (Å²) in [6.45, 7) is 0.324. The molecule has 0 radical (unpaired) electrons. The van der Waals surface area contributed by atoms with E-state index < -0.39 is 6.10 Å². The quantitative estimate of drug-likeness (QED) is 0.519. The lowest BCUT2D eigenvalue weighted by atomic mass is 10.3. The van der Waals surface area contributed by atoms with Crippen LogP contribution in [0.1, 0.15) is 6.42 Å². The van der Waals surface area contributed by atoms with Gasteiger partial charge in [-0.05, 0) is 6.42 Å².